The largest absolute Gasteiger partial charge is 0.391 e. The van der Waals surface area contributed by atoms with Gasteiger partial charge in [0.1, 0.15) is 0 Å². The van der Waals surface area contributed by atoms with Crippen molar-refractivity contribution in [2.45, 2.75) is 19.0 Å². The van der Waals surface area contributed by atoms with Gasteiger partial charge in [-0.2, -0.15) is 13.2 Å². The first-order chi connectivity index (χ1) is 12.2. The summed E-state index contributed by atoms with van der Waals surface area (Å²) in [7, 11) is 0. The fourth-order valence-corrected chi connectivity index (χ4v) is 3.64. The molecule has 0 N–H and O–H groups in total. The van der Waals surface area contributed by atoms with E-state index in [-0.39, 0.29) is 31.8 Å². The van der Waals surface area contributed by atoms with Crippen molar-refractivity contribution in [2.24, 2.45) is 5.92 Å². The predicted molar refractivity (Wildman–Crippen MR) is 96.6 cm³/mol. The zero-order valence-corrected chi connectivity index (χ0v) is 15.2. The maximum absolute atomic E-state index is 12.7. The molecule has 0 atom stereocenters. The van der Waals surface area contributed by atoms with Gasteiger partial charge in [-0.05, 0) is 54.3 Å². The Balaban J connectivity index is 1.70. The third-order valence-corrected chi connectivity index (χ3v) is 5.01. The molecule has 1 fully saturated rings. The number of hydrogen-bond acceptors (Lipinski definition) is 1. The molecule has 0 radical (unpaired) electrons. The molecule has 0 aliphatic carbocycles. The highest BCUT2D eigenvalue weighted by molar-refractivity contribution is 6.35. The van der Waals surface area contributed by atoms with E-state index in [0.717, 1.165) is 11.1 Å². The highest BCUT2D eigenvalue weighted by Gasteiger charge is 2.41. The smallest absolute Gasteiger partial charge is 0.339 e. The number of carbonyl (C=O) groups is 1. The van der Waals surface area contributed by atoms with Gasteiger partial charge in [-0.1, -0.05) is 35.3 Å². The summed E-state index contributed by atoms with van der Waals surface area (Å²) in [6.45, 7) is 0.239. The Morgan fingerprint density at radius 1 is 0.923 bits per heavy atom. The molecule has 1 saturated heterocycles. The molecule has 1 aliphatic rings. The molecular formula is C19H16Cl2F3NO. The molecule has 1 heterocycles. The standard InChI is InChI=1S/C19H16Cl2F3NO/c20-16-9-14(10-17(21)11-16)12-1-3-13(4-2-12)18(26)25-7-5-15(6-8-25)19(22,23)24/h1-4,9-11,15H,5-8H2. The number of amides is 1. The van der Waals surface area contributed by atoms with E-state index in [1.165, 1.54) is 4.90 Å². The van der Waals surface area contributed by atoms with Crippen LogP contribution in [0.2, 0.25) is 10.0 Å². The number of piperidine rings is 1. The second-order valence-electron chi connectivity index (χ2n) is 6.34. The van der Waals surface area contributed by atoms with E-state index in [2.05, 4.69) is 0 Å². The maximum atomic E-state index is 12.7. The molecular weight excluding hydrogens is 386 g/mol. The number of likely N-dealkylation sites (tertiary alicyclic amines) is 1. The Kier molecular flexibility index (Phi) is 5.49. The molecule has 1 aliphatic heterocycles. The van der Waals surface area contributed by atoms with E-state index in [0.29, 0.717) is 15.6 Å². The average molecular weight is 402 g/mol. The average Bonchev–Trinajstić information content (AvgIpc) is 2.60. The van der Waals surface area contributed by atoms with Gasteiger partial charge in [0.15, 0.2) is 0 Å². The van der Waals surface area contributed by atoms with Crippen molar-refractivity contribution < 1.29 is 18.0 Å². The summed E-state index contributed by atoms with van der Waals surface area (Å²) in [5, 5.41) is 1.03. The van der Waals surface area contributed by atoms with Gasteiger partial charge in [-0.25, -0.2) is 0 Å². The van der Waals surface area contributed by atoms with Crippen LogP contribution in [0.5, 0.6) is 0 Å². The number of nitrogens with zero attached hydrogens (tertiary/aromatic N) is 1. The van der Waals surface area contributed by atoms with Gasteiger partial charge in [-0.3, -0.25) is 4.79 Å². The molecule has 2 aromatic carbocycles. The SMILES string of the molecule is O=C(c1ccc(-c2cc(Cl)cc(Cl)c2)cc1)N1CCC(C(F)(F)F)CC1. The Labute approximate surface area is 159 Å². The molecule has 138 valence electrons. The third kappa shape index (κ3) is 4.33. The van der Waals surface area contributed by atoms with E-state index in [1.54, 1.807) is 42.5 Å². The molecule has 0 bridgehead atoms. The normalized spacial score (nSPS) is 16.0. The van der Waals surface area contributed by atoms with Crippen LogP contribution in [-0.4, -0.2) is 30.1 Å². The van der Waals surface area contributed by atoms with Crippen LogP contribution in [0.15, 0.2) is 42.5 Å². The molecule has 7 heteroatoms. The number of carbonyl (C=O) groups excluding carboxylic acids is 1. The molecule has 0 saturated carbocycles. The molecule has 3 rings (SSSR count). The van der Waals surface area contributed by atoms with E-state index in [1.807, 2.05) is 0 Å². The Bertz CT molecular complexity index is 777. The third-order valence-electron chi connectivity index (χ3n) is 4.57. The summed E-state index contributed by atoms with van der Waals surface area (Å²) < 4.78 is 38.2. The van der Waals surface area contributed by atoms with Crippen molar-refractivity contribution in [3.8, 4) is 11.1 Å². The van der Waals surface area contributed by atoms with Gasteiger partial charge in [0.25, 0.3) is 5.91 Å². The lowest BCUT2D eigenvalue weighted by molar-refractivity contribution is -0.183. The molecule has 2 nitrogen and oxygen atoms in total. The van der Waals surface area contributed by atoms with Gasteiger partial charge in [0, 0.05) is 28.7 Å². The van der Waals surface area contributed by atoms with Crippen LogP contribution in [0.1, 0.15) is 23.2 Å². The quantitative estimate of drug-likeness (QED) is 0.597. The number of hydrogen-bond donors (Lipinski definition) is 0. The van der Waals surface area contributed by atoms with E-state index >= 15 is 0 Å². The number of benzene rings is 2. The summed E-state index contributed by atoms with van der Waals surface area (Å²) in [6, 6.07) is 12.1. The van der Waals surface area contributed by atoms with E-state index < -0.39 is 12.1 Å². The maximum Gasteiger partial charge on any atom is 0.391 e. The van der Waals surface area contributed by atoms with Gasteiger partial charge in [-0.15, -0.1) is 0 Å². The van der Waals surface area contributed by atoms with Gasteiger partial charge < -0.3 is 4.90 Å². The summed E-state index contributed by atoms with van der Waals surface area (Å²) in [4.78, 5) is 14.0. The zero-order valence-electron chi connectivity index (χ0n) is 13.7. The van der Waals surface area contributed by atoms with Crippen molar-refractivity contribution >= 4 is 29.1 Å². The Hall–Kier alpha value is -1.72. The molecule has 1 amide bonds. The predicted octanol–water partition coefficient (Wildman–Crippen LogP) is 6.07. The van der Waals surface area contributed by atoms with Crippen molar-refractivity contribution in [3.05, 3.63) is 58.1 Å². The van der Waals surface area contributed by atoms with Gasteiger partial charge >= 0.3 is 6.18 Å². The first-order valence-corrected chi connectivity index (χ1v) is 8.92. The minimum absolute atomic E-state index is 0.0473. The number of alkyl halides is 3. The van der Waals surface area contributed by atoms with Gasteiger partial charge in [0.2, 0.25) is 0 Å². The first kappa shape index (κ1) is 19.1. The Morgan fingerprint density at radius 3 is 1.96 bits per heavy atom. The fraction of sp³-hybridized carbons (Fsp3) is 0.316. The number of halogens is 5. The minimum atomic E-state index is -4.19. The van der Waals surface area contributed by atoms with Crippen molar-refractivity contribution in [1.29, 1.82) is 0 Å². The zero-order chi connectivity index (χ0) is 18.9. The highest BCUT2D eigenvalue weighted by atomic mass is 35.5. The Morgan fingerprint density at radius 2 is 1.46 bits per heavy atom. The van der Waals surface area contributed by atoms with Crippen molar-refractivity contribution in [2.75, 3.05) is 13.1 Å². The second kappa shape index (κ2) is 7.49. The lowest BCUT2D eigenvalue weighted by atomic mass is 9.95. The van der Waals surface area contributed by atoms with Gasteiger partial charge in [0.05, 0.1) is 5.92 Å². The lowest BCUT2D eigenvalue weighted by Gasteiger charge is -2.33. The molecule has 0 unspecified atom stereocenters. The van der Waals surface area contributed by atoms with Crippen molar-refractivity contribution in [1.82, 2.24) is 4.90 Å². The second-order valence-corrected chi connectivity index (χ2v) is 7.22. The van der Waals surface area contributed by atoms with Crippen LogP contribution in [0, 0.1) is 5.92 Å². The molecule has 2 aromatic rings. The first-order valence-electron chi connectivity index (χ1n) is 8.16. The fourth-order valence-electron chi connectivity index (χ4n) is 3.12. The van der Waals surface area contributed by atoms with E-state index in [9.17, 15) is 18.0 Å². The topological polar surface area (TPSA) is 20.3 Å². The summed E-state index contributed by atoms with van der Waals surface area (Å²) >= 11 is 12.0. The van der Waals surface area contributed by atoms with Crippen LogP contribution in [0.25, 0.3) is 11.1 Å². The lowest BCUT2D eigenvalue weighted by Crippen LogP contribution is -2.42. The molecule has 26 heavy (non-hydrogen) atoms. The van der Waals surface area contributed by atoms with Crippen LogP contribution in [0.3, 0.4) is 0 Å². The summed E-state index contributed by atoms with van der Waals surface area (Å²) in [5.74, 6) is -1.57. The van der Waals surface area contributed by atoms with Crippen LogP contribution >= 0.6 is 23.2 Å². The highest BCUT2D eigenvalue weighted by Crippen LogP contribution is 2.34. The summed E-state index contributed by atoms with van der Waals surface area (Å²) in [5.41, 5.74) is 2.13. The van der Waals surface area contributed by atoms with Crippen LogP contribution in [-0.2, 0) is 0 Å². The van der Waals surface area contributed by atoms with Crippen LogP contribution < -0.4 is 0 Å². The monoisotopic (exact) mass is 401 g/mol. The van der Waals surface area contributed by atoms with E-state index in [4.69, 9.17) is 23.2 Å². The molecule has 0 aromatic heterocycles. The minimum Gasteiger partial charge on any atom is -0.339 e. The van der Waals surface area contributed by atoms with Crippen LogP contribution in [0.4, 0.5) is 13.2 Å². The molecule has 0 spiro atoms. The number of rotatable bonds is 2. The summed E-state index contributed by atoms with van der Waals surface area (Å²) in [6.07, 6.45) is -4.28. The van der Waals surface area contributed by atoms with Crippen molar-refractivity contribution in [3.63, 3.8) is 0 Å².